The number of ether oxygens (including phenoxy) is 2. The normalized spacial score (nSPS) is 10.1. The molecule has 0 radical (unpaired) electrons. The molecule has 4 heteroatoms. The third-order valence-corrected chi connectivity index (χ3v) is 2.66. The zero-order valence-electron chi connectivity index (χ0n) is 10.6. The third-order valence-electron chi connectivity index (χ3n) is 2.66. The van der Waals surface area contributed by atoms with E-state index in [4.69, 9.17) is 9.47 Å². The first kappa shape index (κ1) is 13.1. The van der Waals surface area contributed by atoms with Crippen molar-refractivity contribution in [3.63, 3.8) is 0 Å². The molecular weight excluding hydrogens is 247 g/mol. The van der Waals surface area contributed by atoms with Crippen LogP contribution in [0.25, 0.3) is 0 Å². The Morgan fingerprint density at radius 1 is 1.05 bits per heavy atom. The fourth-order valence-electron chi connectivity index (χ4n) is 1.63. The van der Waals surface area contributed by atoms with Crippen molar-refractivity contribution in [2.75, 3.05) is 7.11 Å². The molecule has 0 aromatic heterocycles. The molecule has 0 amide bonds. The van der Waals surface area contributed by atoms with Gasteiger partial charge in [-0.25, -0.2) is 9.18 Å². The molecule has 0 saturated heterocycles. The van der Waals surface area contributed by atoms with Crippen molar-refractivity contribution >= 4 is 5.97 Å². The highest BCUT2D eigenvalue weighted by Gasteiger charge is 2.10. The summed E-state index contributed by atoms with van der Waals surface area (Å²) in [6, 6.07) is 10.8. The van der Waals surface area contributed by atoms with Gasteiger partial charge in [-0.1, -0.05) is 6.07 Å². The van der Waals surface area contributed by atoms with Gasteiger partial charge in [0.25, 0.3) is 0 Å². The zero-order valence-corrected chi connectivity index (χ0v) is 10.6. The van der Waals surface area contributed by atoms with Gasteiger partial charge in [-0.3, -0.25) is 0 Å². The summed E-state index contributed by atoms with van der Waals surface area (Å²) in [6.45, 7) is 1.81. The van der Waals surface area contributed by atoms with Crippen LogP contribution in [-0.2, 0) is 4.74 Å². The van der Waals surface area contributed by atoms with Gasteiger partial charge in [-0.05, 0) is 48.9 Å². The standard InChI is InChI=1S/C15H13FO3/c1-10-3-6-13(9-14(10)15(17)18-2)19-12-7-4-11(16)5-8-12/h3-9H,1-2H3. The van der Waals surface area contributed by atoms with E-state index in [0.717, 1.165) is 5.56 Å². The van der Waals surface area contributed by atoms with Crippen molar-refractivity contribution in [1.82, 2.24) is 0 Å². The van der Waals surface area contributed by atoms with E-state index in [-0.39, 0.29) is 5.82 Å². The maximum atomic E-state index is 12.8. The maximum Gasteiger partial charge on any atom is 0.338 e. The molecular formula is C15H13FO3. The van der Waals surface area contributed by atoms with Crippen molar-refractivity contribution in [1.29, 1.82) is 0 Å². The molecule has 0 spiro atoms. The number of carbonyl (C=O) groups is 1. The average Bonchev–Trinajstić information content (AvgIpc) is 2.42. The highest BCUT2D eigenvalue weighted by atomic mass is 19.1. The molecule has 3 nitrogen and oxygen atoms in total. The Labute approximate surface area is 110 Å². The number of esters is 1. The molecule has 2 aromatic rings. The molecule has 19 heavy (non-hydrogen) atoms. The predicted molar refractivity (Wildman–Crippen MR) is 69.0 cm³/mol. The summed E-state index contributed by atoms with van der Waals surface area (Å²) in [5.41, 5.74) is 1.25. The zero-order chi connectivity index (χ0) is 13.8. The lowest BCUT2D eigenvalue weighted by Crippen LogP contribution is -2.03. The fraction of sp³-hybridized carbons (Fsp3) is 0.133. The second-order valence-corrected chi connectivity index (χ2v) is 4.02. The van der Waals surface area contributed by atoms with Crippen LogP contribution in [0.2, 0.25) is 0 Å². The second kappa shape index (κ2) is 5.52. The van der Waals surface area contributed by atoms with Gasteiger partial charge in [0.05, 0.1) is 12.7 Å². The molecule has 0 unspecified atom stereocenters. The molecule has 0 atom stereocenters. The molecule has 0 N–H and O–H groups in total. The summed E-state index contributed by atoms with van der Waals surface area (Å²) in [5.74, 6) is 0.257. The highest BCUT2D eigenvalue weighted by Crippen LogP contribution is 2.24. The van der Waals surface area contributed by atoms with Crippen LogP contribution >= 0.6 is 0 Å². The van der Waals surface area contributed by atoms with Crippen molar-refractivity contribution in [2.24, 2.45) is 0 Å². The lowest BCUT2D eigenvalue weighted by atomic mass is 10.1. The van der Waals surface area contributed by atoms with E-state index >= 15 is 0 Å². The van der Waals surface area contributed by atoms with E-state index in [1.807, 2.05) is 6.92 Å². The minimum absolute atomic E-state index is 0.327. The molecule has 0 fully saturated rings. The number of halogens is 1. The first-order valence-corrected chi connectivity index (χ1v) is 5.72. The largest absolute Gasteiger partial charge is 0.465 e. The molecule has 2 aromatic carbocycles. The summed E-state index contributed by atoms with van der Waals surface area (Å²) in [7, 11) is 1.33. The molecule has 0 bridgehead atoms. The average molecular weight is 260 g/mol. The minimum atomic E-state index is -0.415. The van der Waals surface area contributed by atoms with E-state index in [2.05, 4.69) is 0 Å². The Hall–Kier alpha value is -2.36. The number of aryl methyl sites for hydroxylation is 1. The molecule has 0 heterocycles. The van der Waals surface area contributed by atoms with Gasteiger partial charge in [0.1, 0.15) is 17.3 Å². The number of methoxy groups -OCH3 is 1. The van der Waals surface area contributed by atoms with E-state index in [9.17, 15) is 9.18 Å². The Morgan fingerprint density at radius 3 is 2.32 bits per heavy atom. The monoisotopic (exact) mass is 260 g/mol. The third kappa shape index (κ3) is 3.10. The summed E-state index contributed by atoms with van der Waals surface area (Å²) < 4.78 is 23.0. The topological polar surface area (TPSA) is 35.5 Å². The van der Waals surface area contributed by atoms with E-state index in [1.165, 1.54) is 31.4 Å². The summed E-state index contributed by atoms with van der Waals surface area (Å²) in [6.07, 6.45) is 0. The van der Waals surface area contributed by atoms with Crippen LogP contribution in [0.5, 0.6) is 11.5 Å². The van der Waals surface area contributed by atoms with Gasteiger partial charge in [0.2, 0.25) is 0 Å². The van der Waals surface area contributed by atoms with Crippen molar-refractivity contribution in [3.05, 3.63) is 59.4 Å². The van der Waals surface area contributed by atoms with Crippen molar-refractivity contribution in [2.45, 2.75) is 6.92 Å². The van der Waals surface area contributed by atoms with Gasteiger partial charge in [-0.2, -0.15) is 0 Å². The van der Waals surface area contributed by atoms with Crippen LogP contribution in [0.4, 0.5) is 4.39 Å². The molecule has 0 aliphatic heterocycles. The van der Waals surface area contributed by atoms with E-state index in [0.29, 0.717) is 17.1 Å². The summed E-state index contributed by atoms with van der Waals surface area (Å²) >= 11 is 0. The Bertz CT molecular complexity index is 591. The van der Waals surface area contributed by atoms with Crippen molar-refractivity contribution in [3.8, 4) is 11.5 Å². The predicted octanol–water partition coefficient (Wildman–Crippen LogP) is 3.71. The van der Waals surface area contributed by atoms with Crippen LogP contribution < -0.4 is 4.74 Å². The van der Waals surface area contributed by atoms with Gasteiger partial charge in [0.15, 0.2) is 0 Å². The highest BCUT2D eigenvalue weighted by molar-refractivity contribution is 5.91. The minimum Gasteiger partial charge on any atom is -0.465 e. The first-order valence-electron chi connectivity index (χ1n) is 5.72. The maximum absolute atomic E-state index is 12.8. The molecule has 2 rings (SSSR count). The quantitative estimate of drug-likeness (QED) is 0.789. The number of rotatable bonds is 3. The van der Waals surface area contributed by atoms with Crippen LogP contribution in [0, 0.1) is 12.7 Å². The number of hydrogen-bond acceptors (Lipinski definition) is 3. The summed E-state index contributed by atoms with van der Waals surface area (Å²) in [4.78, 5) is 11.6. The van der Waals surface area contributed by atoms with Crippen molar-refractivity contribution < 1.29 is 18.7 Å². The molecule has 0 aliphatic rings. The van der Waals surface area contributed by atoms with Gasteiger partial charge in [-0.15, -0.1) is 0 Å². The number of hydrogen-bond donors (Lipinski definition) is 0. The Morgan fingerprint density at radius 2 is 1.68 bits per heavy atom. The SMILES string of the molecule is COC(=O)c1cc(Oc2ccc(F)cc2)ccc1C. The number of carbonyl (C=O) groups excluding carboxylic acids is 1. The van der Waals surface area contributed by atoms with Crippen LogP contribution in [0.1, 0.15) is 15.9 Å². The van der Waals surface area contributed by atoms with E-state index in [1.54, 1.807) is 18.2 Å². The lowest BCUT2D eigenvalue weighted by Gasteiger charge is -2.09. The molecule has 0 aliphatic carbocycles. The fourth-order valence-corrected chi connectivity index (χ4v) is 1.63. The van der Waals surface area contributed by atoms with E-state index < -0.39 is 5.97 Å². The molecule has 0 saturated carbocycles. The van der Waals surface area contributed by atoms with Crippen LogP contribution in [-0.4, -0.2) is 13.1 Å². The van der Waals surface area contributed by atoms with Gasteiger partial charge < -0.3 is 9.47 Å². The second-order valence-electron chi connectivity index (χ2n) is 4.02. The lowest BCUT2D eigenvalue weighted by molar-refractivity contribution is 0.0599. The Kier molecular flexibility index (Phi) is 3.80. The van der Waals surface area contributed by atoms with Crippen LogP contribution in [0.3, 0.4) is 0 Å². The molecule has 98 valence electrons. The van der Waals surface area contributed by atoms with Gasteiger partial charge >= 0.3 is 5.97 Å². The first-order chi connectivity index (χ1) is 9.10. The smallest absolute Gasteiger partial charge is 0.338 e. The van der Waals surface area contributed by atoms with Gasteiger partial charge in [0, 0.05) is 0 Å². The Balaban J connectivity index is 2.26. The summed E-state index contributed by atoms with van der Waals surface area (Å²) in [5, 5.41) is 0. The number of benzene rings is 2. The van der Waals surface area contributed by atoms with Crippen LogP contribution in [0.15, 0.2) is 42.5 Å².